The second kappa shape index (κ2) is 5.80. The Labute approximate surface area is 106 Å². The zero-order valence-electron chi connectivity index (χ0n) is 9.63. The Balaban J connectivity index is 1.93. The first-order valence-corrected chi connectivity index (χ1v) is 6.36. The van der Waals surface area contributed by atoms with E-state index in [2.05, 4.69) is 5.32 Å². The summed E-state index contributed by atoms with van der Waals surface area (Å²) >= 11 is 5.70. The van der Waals surface area contributed by atoms with E-state index in [9.17, 15) is 9.50 Å². The van der Waals surface area contributed by atoms with Gasteiger partial charge in [0.1, 0.15) is 5.82 Å². The third-order valence-electron chi connectivity index (χ3n) is 3.46. The summed E-state index contributed by atoms with van der Waals surface area (Å²) in [6, 6.07) is 5.03. The van der Waals surface area contributed by atoms with Crippen molar-refractivity contribution in [1.82, 2.24) is 5.32 Å². The maximum atomic E-state index is 13.5. The van der Waals surface area contributed by atoms with Crippen LogP contribution in [0.3, 0.4) is 0 Å². The Kier molecular flexibility index (Phi) is 4.37. The Morgan fingerprint density at radius 3 is 2.94 bits per heavy atom. The maximum Gasteiger partial charge on any atom is 0.129 e. The molecule has 2 unspecified atom stereocenters. The summed E-state index contributed by atoms with van der Waals surface area (Å²) in [4.78, 5) is 0. The fourth-order valence-electron chi connectivity index (χ4n) is 2.43. The highest BCUT2D eigenvalue weighted by molar-refractivity contribution is 6.30. The van der Waals surface area contributed by atoms with Crippen LogP contribution in [0.2, 0.25) is 5.02 Å². The Morgan fingerprint density at radius 1 is 1.41 bits per heavy atom. The van der Waals surface area contributed by atoms with Crippen molar-refractivity contribution in [3.8, 4) is 0 Å². The number of hydrogen-bond acceptors (Lipinski definition) is 2. The average molecular weight is 258 g/mol. The third kappa shape index (κ3) is 3.18. The van der Waals surface area contributed by atoms with Crippen molar-refractivity contribution < 1.29 is 9.50 Å². The smallest absolute Gasteiger partial charge is 0.129 e. The first-order valence-electron chi connectivity index (χ1n) is 5.99. The van der Waals surface area contributed by atoms with Crippen molar-refractivity contribution in [2.45, 2.75) is 31.8 Å². The van der Waals surface area contributed by atoms with Gasteiger partial charge in [0.15, 0.2) is 0 Å². The lowest BCUT2D eigenvalue weighted by molar-refractivity contribution is 0.205. The summed E-state index contributed by atoms with van der Waals surface area (Å²) in [6.45, 7) is 0.699. The number of aliphatic hydroxyl groups excluding tert-OH is 1. The highest BCUT2D eigenvalue weighted by Gasteiger charge is 2.25. The molecule has 1 saturated carbocycles. The Hall–Kier alpha value is -0.640. The van der Waals surface area contributed by atoms with Crippen LogP contribution in [0.4, 0.5) is 4.39 Å². The lowest BCUT2D eigenvalue weighted by Crippen LogP contribution is -2.33. The van der Waals surface area contributed by atoms with Crippen molar-refractivity contribution in [3.05, 3.63) is 34.6 Å². The monoisotopic (exact) mass is 257 g/mol. The number of nitrogens with one attached hydrogen (secondary N) is 1. The predicted octanol–water partition coefficient (Wildman–Crippen LogP) is 2.73. The van der Waals surface area contributed by atoms with Gasteiger partial charge in [-0.25, -0.2) is 4.39 Å². The molecule has 2 N–H and O–H groups in total. The molecule has 0 bridgehead atoms. The highest BCUT2D eigenvalue weighted by atomic mass is 35.5. The van der Waals surface area contributed by atoms with Gasteiger partial charge in [-0.1, -0.05) is 24.1 Å². The van der Waals surface area contributed by atoms with Gasteiger partial charge in [-0.15, -0.1) is 0 Å². The first kappa shape index (κ1) is 12.8. The van der Waals surface area contributed by atoms with Crippen LogP contribution in [0.15, 0.2) is 18.2 Å². The van der Waals surface area contributed by atoms with Gasteiger partial charge in [-0.2, -0.15) is 0 Å². The van der Waals surface area contributed by atoms with Gasteiger partial charge in [0.05, 0.1) is 0 Å². The molecule has 0 spiro atoms. The van der Waals surface area contributed by atoms with E-state index >= 15 is 0 Å². The standard InChI is InChI=1S/C13H17ClFNO/c14-11-5-4-9(12(15)6-11)7-16-13-3-1-2-10(13)8-17/h4-6,10,13,16-17H,1-3,7-8H2. The lowest BCUT2D eigenvalue weighted by Gasteiger charge is -2.19. The number of halogens is 2. The van der Waals surface area contributed by atoms with Gasteiger partial charge in [-0.05, 0) is 30.9 Å². The molecule has 0 radical (unpaired) electrons. The van der Waals surface area contributed by atoms with Crippen LogP contribution in [0, 0.1) is 11.7 Å². The van der Waals surface area contributed by atoms with E-state index in [1.54, 1.807) is 12.1 Å². The van der Waals surface area contributed by atoms with E-state index in [0.717, 1.165) is 19.3 Å². The molecule has 2 nitrogen and oxygen atoms in total. The second-order valence-electron chi connectivity index (χ2n) is 4.60. The molecule has 1 aromatic rings. The number of hydrogen-bond donors (Lipinski definition) is 2. The molecule has 0 aromatic heterocycles. The molecule has 0 saturated heterocycles. The molecule has 1 aliphatic carbocycles. The predicted molar refractivity (Wildman–Crippen MR) is 66.5 cm³/mol. The van der Waals surface area contributed by atoms with Crippen LogP contribution in [0.1, 0.15) is 24.8 Å². The lowest BCUT2D eigenvalue weighted by atomic mass is 10.0. The second-order valence-corrected chi connectivity index (χ2v) is 5.03. The number of benzene rings is 1. The minimum atomic E-state index is -0.274. The minimum absolute atomic E-state index is 0.209. The molecule has 0 amide bonds. The third-order valence-corrected chi connectivity index (χ3v) is 3.70. The quantitative estimate of drug-likeness (QED) is 0.869. The Bertz CT molecular complexity index is 386. The summed E-state index contributed by atoms with van der Waals surface area (Å²) in [5, 5.41) is 12.9. The molecular weight excluding hydrogens is 241 g/mol. The van der Waals surface area contributed by atoms with Crippen LogP contribution < -0.4 is 5.32 Å². The molecule has 1 fully saturated rings. The summed E-state index contributed by atoms with van der Waals surface area (Å²) in [5.41, 5.74) is 0.623. The van der Waals surface area contributed by atoms with E-state index in [4.69, 9.17) is 11.6 Å². The topological polar surface area (TPSA) is 32.3 Å². The first-order chi connectivity index (χ1) is 8.20. The summed E-state index contributed by atoms with van der Waals surface area (Å²) in [6.07, 6.45) is 3.24. The molecular formula is C13H17ClFNO. The molecule has 17 heavy (non-hydrogen) atoms. The van der Waals surface area contributed by atoms with Crippen LogP contribution in [-0.2, 0) is 6.54 Å². The average Bonchev–Trinajstić information content (AvgIpc) is 2.75. The molecule has 4 heteroatoms. The normalized spacial score (nSPS) is 24.2. The van der Waals surface area contributed by atoms with Crippen molar-refractivity contribution in [2.24, 2.45) is 5.92 Å². The summed E-state index contributed by atoms with van der Waals surface area (Å²) in [5.74, 6) is 0.0360. The van der Waals surface area contributed by atoms with Crippen LogP contribution in [0.5, 0.6) is 0 Å². The van der Waals surface area contributed by atoms with Crippen molar-refractivity contribution in [2.75, 3.05) is 6.61 Å². The van der Waals surface area contributed by atoms with Crippen molar-refractivity contribution in [3.63, 3.8) is 0 Å². The summed E-state index contributed by atoms with van der Waals surface area (Å²) < 4.78 is 13.5. The Morgan fingerprint density at radius 2 is 2.24 bits per heavy atom. The van der Waals surface area contributed by atoms with E-state index in [0.29, 0.717) is 29.1 Å². The molecule has 94 valence electrons. The van der Waals surface area contributed by atoms with Crippen LogP contribution in [-0.4, -0.2) is 17.8 Å². The van der Waals surface area contributed by atoms with Gasteiger partial charge in [0.2, 0.25) is 0 Å². The zero-order valence-corrected chi connectivity index (χ0v) is 10.4. The van der Waals surface area contributed by atoms with E-state index in [1.807, 2.05) is 0 Å². The minimum Gasteiger partial charge on any atom is -0.396 e. The highest BCUT2D eigenvalue weighted by Crippen LogP contribution is 2.25. The fraction of sp³-hybridized carbons (Fsp3) is 0.538. The van der Waals surface area contributed by atoms with Gasteiger partial charge >= 0.3 is 0 Å². The molecule has 0 heterocycles. The van der Waals surface area contributed by atoms with E-state index in [1.165, 1.54) is 6.07 Å². The van der Waals surface area contributed by atoms with Gasteiger partial charge < -0.3 is 10.4 Å². The molecule has 1 aromatic carbocycles. The summed E-state index contributed by atoms with van der Waals surface area (Å²) in [7, 11) is 0. The molecule has 1 aliphatic rings. The van der Waals surface area contributed by atoms with Gasteiger partial charge in [0, 0.05) is 29.8 Å². The van der Waals surface area contributed by atoms with Gasteiger partial charge in [-0.3, -0.25) is 0 Å². The van der Waals surface area contributed by atoms with E-state index < -0.39 is 0 Å². The number of rotatable bonds is 4. The largest absolute Gasteiger partial charge is 0.396 e. The van der Waals surface area contributed by atoms with Crippen LogP contribution in [0.25, 0.3) is 0 Å². The van der Waals surface area contributed by atoms with Crippen LogP contribution >= 0.6 is 11.6 Å². The van der Waals surface area contributed by atoms with E-state index in [-0.39, 0.29) is 12.4 Å². The maximum absolute atomic E-state index is 13.5. The fourth-order valence-corrected chi connectivity index (χ4v) is 2.59. The zero-order chi connectivity index (χ0) is 12.3. The molecule has 2 atom stereocenters. The van der Waals surface area contributed by atoms with Crippen molar-refractivity contribution >= 4 is 11.6 Å². The number of aliphatic hydroxyl groups is 1. The SMILES string of the molecule is OCC1CCCC1NCc1ccc(Cl)cc1F. The van der Waals surface area contributed by atoms with Gasteiger partial charge in [0.25, 0.3) is 0 Å². The van der Waals surface area contributed by atoms with Crippen molar-refractivity contribution in [1.29, 1.82) is 0 Å². The molecule has 2 rings (SSSR count). The molecule has 0 aliphatic heterocycles.